The van der Waals surface area contributed by atoms with E-state index in [1.54, 1.807) is 18.4 Å². The number of carbonyl (C=O) groups is 1. The minimum atomic E-state index is -4.27. The van der Waals surface area contributed by atoms with E-state index in [0.29, 0.717) is 45.3 Å². The first-order valence-corrected chi connectivity index (χ1v) is 18.5. The lowest BCUT2D eigenvalue weighted by atomic mass is 10.0. The molecule has 1 aliphatic heterocycles. The predicted octanol–water partition coefficient (Wildman–Crippen LogP) is 7.11. The Morgan fingerprint density at radius 3 is 2.66 bits per heavy atom. The van der Waals surface area contributed by atoms with Crippen LogP contribution in [-0.2, 0) is 41.9 Å². The van der Waals surface area contributed by atoms with Crippen molar-refractivity contribution in [1.82, 2.24) is 19.4 Å². The number of halogens is 3. The lowest BCUT2D eigenvalue weighted by Crippen LogP contribution is -2.39. The van der Waals surface area contributed by atoms with Gasteiger partial charge < -0.3 is 19.8 Å². The molecule has 1 fully saturated rings. The maximum Gasteiger partial charge on any atom is 0.393 e. The Labute approximate surface area is 295 Å². The second kappa shape index (κ2) is 14.8. The summed E-state index contributed by atoms with van der Waals surface area (Å²) in [4.78, 5) is 24.1. The smallest absolute Gasteiger partial charge is 0.393 e. The van der Waals surface area contributed by atoms with Gasteiger partial charge in [0.25, 0.3) is 0 Å². The third-order valence-electron chi connectivity index (χ3n) is 9.08. The molecule has 9 nitrogen and oxygen atoms in total. The van der Waals surface area contributed by atoms with Gasteiger partial charge in [-0.05, 0) is 90.5 Å². The summed E-state index contributed by atoms with van der Waals surface area (Å²) in [5.74, 6) is 0.204. The van der Waals surface area contributed by atoms with Crippen molar-refractivity contribution in [1.29, 1.82) is 5.26 Å². The molecule has 1 saturated heterocycles. The number of anilines is 2. The molecule has 2 N–H and O–H groups in total. The molecule has 2 aromatic carbocycles. The standard InChI is InChI=1S/C36H36F3N7O2S2/c1-4-33(47)44-30-7-5-23(15-32(30)50(3)48)9-14-46-26(19-40)16-28-22(2)24(6-8-31(28)46)20-45-12-10-25(11-13-45)43-34-29-17-27(18-36(37,38)39)49-35(29)42-21-41-34/h4-8,15-17,21,25H,1,9-14,18,20H2,2-3H3,(H,44,47)(H,41,42,43). The highest BCUT2D eigenvalue weighted by atomic mass is 32.2. The number of benzene rings is 2. The van der Waals surface area contributed by atoms with Crippen molar-refractivity contribution in [2.45, 2.75) is 62.8 Å². The number of fused-ring (bicyclic) bond motifs is 2. The van der Waals surface area contributed by atoms with Crippen LogP contribution in [0, 0.1) is 18.3 Å². The number of rotatable bonds is 11. The number of amides is 1. The molecule has 6 rings (SSSR count). The minimum absolute atomic E-state index is 0.140. The Morgan fingerprint density at radius 1 is 1.18 bits per heavy atom. The molecule has 4 heterocycles. The highest BCUT2D eigenvalue weighted by Crippen LogP contribution is 2.34. The number of likely N-dealkylation sites (tertiary alicyclic amines) is 1. The van der Waals surface area contributed by atoms with Crippen LogP contribution in [-0.4, -0.2) is 61.5 Å². The van der Waals surface area contributed by atoms with E-state index in [1.165, 1.54) is 18.0 Å². The molecular weight excluding hydrogens is 684 g/mol. The largest absolute Gasteiger partial charge is 0.612 e. The lowest BCUT2D eigenvalue weighted by molar-refractivity contribution is -0.126. The van der Waals surface area contributed by atoms with Crippen LogP contribution in [0.4, 0.5) is 24.7 Å². The Morgan fingerprint density at radius 2 is 1.96 bits per heavy atom. The summed E-state index contributed by atoms with van der Waals surface area (Å²) >= 11 is -0.267. The van der Waals surface area contributed by atoms with Crippen LogP contribution in [0.15, 0.2) is 66.3 Å². The third-order valence-corrected chi connectivity index (χ3v) is 11.1. The summed E-state index contributed by atoms with van der Waals surface area (Å²) in [7, 11) is 0. The van der Waals surface area contributed by atoms with Crippen molar-refractivity contribution in [2.24, 2.45) is 0 Å². The van der Waals surface area contributed by atoms with Gasteiger partial charge in [-0.1, -0.05) is 18.7 Å². The van der Waals surface area contributed by atoms with Crippen molar-refractivity contribution in [2.75, 3.05) is 30.0 Å². The summed E-state index contributed by atoms with van der Waals surface area (Å²) < 4.78 is 53.3. The molecule has 50 heavy (non-hydrogen) atoms. The summed E-state index contributed by atoms with van der Waals surface area (Å²) in [5.41, 5.74) is 5.28. The zero-order chi connectivity index (χ0) is 35.6. The van der Waals surface area contributed by atoms with Gasteiger partial charge in [-0.15, -0.1) is 11.3 Å². The Hall–Kier alpha value is -4.42. The molecule has 0 saturated carbocycles. The number of thiophene rings is 1. The van der Waals surface area contributed by atoms with E-state index >= 15 is 0 Å². The zero-order valence-corrected chi connectivity index (χ0v) is 29.3. The van der Waals surface area contributed by atoms with Crippen molar-refractivity contribution in [3.8, 4) is 6.07 Å². The quantitative estimate of drug-likeness (QED) is 0.110. The number of alkyl halides is 3. The highest BCUT2D eigenvalue weighted by molar-refractivity contribution is 7.90. The van der Waals surface area contributed by atoms with Crippen LogP contribution in [0.3, 0.4) is 0 Å². The molecule has 14 heteroatoms. The van der Waals surface area contributed by atoms with E-state index in [-0.39, 0.29) is 16.8 Å². The highest BCUT2D eigenvalue weighted by Gasteiger charge is 2.29. The SMILES string of the molecule is C=CC(=O)Nc1ccc(CCn2c(C#N)cc3c(C)c(CN4CCC(Nc5ncnc6sc(CC(F)(F)F)cc56)CC4)ccc32)cc1[S+](C)[O-]. The molecule has 0 aliphatic carbocycles. The van der Waals surface area contributed by atoms with Gasteiger partial charge in [0.2, 0.25) is 5.91 Å². The molecule has 0 bridgehead atoms. The molecule has 1 atom stereocenters. The van der Waals surface area contributed by atoms with Gasteiger partial charge in [-0.2, -0.15) is 18.4 Å². The monoisotopic (exact) mass is 719 g/mol. The average Bonchev–Trinajstić information content (AvgIpc) is 3.66. The van der Waals surface area contributed by atoms with E-state index in [0.717, 1.165) is 65.8 Å². The number of carbonyl (C=O) groups excluding carboxylic acids is 1. The number of hydrogen-bond acceptors (Lipinski definition) is 8. The van der Waals surface area contributed by atoms with E-state index in [9.17, 15) is 27.8 Å². The van der Waals surface area contributed by atoms with E-state index in [1.807, 2.05) is 22.8 Å². The van der Waals surface area contributed by atoms with Crippen molar-refractivity contribution in [3.05, 3.63) is 88.7 Å². The maximum absolute atomic E-state index is 13.0. The third kappa shape index (κ3) is 7.97. The number of aromatic nitrogens is 3. The van der Waals surface area contributed by atoms with Gasteiger partial charge in [0.15, 0.2) is 4.90 Å². The minimum Gasteiger partial charge on any atom is -0.612 e. The van der Waals surface area contributed by atoms with Crippen molar-refractivity contribution >= 4 is 61.0 Å². The number of nitrogens with zero attached hydrogens (tertiary/aromatic N) is 5. The van der Waals surface area contributed by atoms with E-state index in [2.05, 4.69) is 57.2 Å². The molecule has 260 valence electrons. The molecule has 0 radical (unpaired) electrons. The van der Waals surface area contributed by atoms with Gasteiger partial charge in [0.05, 0.1) is 17.5 Å². The number of nitrogens with one attached hydrogen (secondary N) is 2. The Kier molecular flexibility index (Phi) is 10.5. The van der Waals surface area contributed by atoms with Crippen LogP contribution < -0.4 is 10.6 Å². The first-order valence-electron chi connectivity index (χ1n) is 16.1. The zero-order valence-electron chi connectivity index (χ0n) is 27.6. The maximum atomic E-state index is 13.0. The molecule has 1 aliphatic rings. The van der Waals surface area contributed by atoms with Gasteiger partial charge in [0.1, 0.15) is 35.0 Å². The van der Waals surface area contributed by atoms with Crippen LogP contribution in [0.25, 0.3) is 21.1 Å². The number of hydrogen-bond donors (Lipinski definition) is 2. The first-order chi connectivity index (χ1) is 23.9. The van der Waals surface area contributed by atoms with Crippen LogP contribution in [0.5, 0.6) is 0 Å². The van der Waals surface area contributed by atoms with Gasteiger partial charge in [0, 0.05) is 48.0 Å². The first kappa shape index (κ1) is 35.4. The lowest BCUT2D eigenvalue weighted by Gasteiger charge is -2.33. The fraction of sp³-hybridized carbons (Fsp3) is 0.333. The van der Waals surface area contributed by atoms with Crippen LogP contribution in [0.2, 0.25) is 0 Å². The van der Waals surface area contributed by atoms with Crippen molar-refractivity contribution < 1.29 is 22.5 Å². The topological polar surface area (TPSA) is 122 Å². The molecule has 1 amide bonds. The van der Waals surface area contributed by atoms with Crippen LogP contribution in [0.1, 0.15) is 40.1 Å². The van der Waals surface area contributed by atoms with E-state index < -0.39 is 23.8 Å². The number of nitriles is 1. The summed E-state index contributed by atoms with van der Waals surface area (Å²) in [6.07, 6.45) is 1.20. The van der Waals surface area contributed by atoms with Crippen molar-refractivity contribution in [3.63, 3.8) is 0 Å². The second-order valence-corrected chi connectivity index (χ2v) is 14.9. The normalized spacial score (nSPS) is 14.9. The van der Waals surface area contributed by atoms with Gasteiger partial charge in [-0.25, -0.2) is 9.97 Å². The average molecular weight is 720 g/mol. The predicted molar refractivity (Wildman–Crippen MR) is 192 cm³/mol. The fourth-order valence-electron chi connectivity index (χ4n) is 6.49. The number of aryl methyl sites for hydroxylation is 3. The second-order valence-electron chi connectivity index (χ2n) is 12.4. The molecule has 1 unspecified atom stereocenters. The van der Waals surface area contributed by atoms with Crippen LogP contribution >= 0.6 is 11.3 Å². The summed E-state index contributed by atoms with van der Waals surface area (Å²) in [6, 6.07) is 15.6. The molecule has 3 aromatic heterocycles. The Balaban J connectivity index is 1.10. The molecular formula is C36H36F3N7O2S2. The van der Waals surface area contributed by atoms with E-state index in [4.69, 9.17) is 0 Å². The summed E-state index contributed by atoms with van der Waals surface area (Å²) in [6.45, 7) is 8.56. The Bertz CT molecular complexity index is 2090. The van der Waals surface area contributed by atoms with Gasteiger partial charge >= 0.3 is 6.18 Å². The molecule has 5 aromatic rings. The summed E-state index contributed by atoms with van der Waals surface area (Å²) in [5, 5.41) is 17.8. The van der Waals surface area contributed by atoms with Gasteiger partial charge in [-0.3, -0.25) is 9.69 Å². The number of piperidine rings is 1. The fourth-order valence-corrected chi connectivity index (χ4v) is 8.26. The molecule has 0 spiro atoms.